The maximum absolute atomic E-state index is 14.1. The number of rotatable bonds is 3. The third-order valence-corrected chi connectivity index (χ3v) is 5.71. The van der Waals surface area contributed by atoms with Crippen LogP contribution in [0, 0.1) is 5.92 Å². The van der Waals surface area contributed by atoms with Crippen LogP contribution in [0.15, 0.2) is 59.1 Å². The summed E-state index contributed by atoms with van der Waals surface area (Å²) in [6, 6.07) is 11.4. The molecule has 0 radical (unpaired) electrons. The molecule has 3 unspecified atom stereocenters. The second kappa shape index (κ2) is 7.46. The lowest BCUT2D eigenvalue weighted by atomic mass is 9.76. The quantitative estimate of drug-likeness (QED) is 0.682. The van der Waals surface area contributed by atoms with Crippen LogP contribution in [0.2, 0.25) is 0 Å². The molecule has 2 aromatic carbocycles. The number of nitrogens with zero attached hydrogens (tertiary/aromatic N) is 2. The van der Waals surface area contributed by atoms with Gasteiger partial charge in [-0.05, 0) is 17.7 Å². The van der Waals surface area contributed by atoms with Gasteiger partial charge in [0.15, 0.2) is 5.78 Å². The molecular weight excluding hydrogens is 453 g/mol. The Morgan fingerprint density at radius 2 is 1.72 bits per heavy atom. The van der Waals surface area contributed by atoms with E-state index in [2.05, 4.69) is 15.9 Å². The number of hydrogen-bond acceptors (Lipinski definition) is 3. The zero-order valence-corrected chi connectivity index (χ0v) is 17.1. The van der Waals surface area contributed by atoms with Gasteiger partial charge in [-0.1, -0.05) is 58.4 Å². The predicted octanol–water partition coefficient (Wildman–Crippen LogP) is 4.24. The molecule has 29 heavy (non-hydrogen) atoms. The minimum absolute atomic E-state index is 0.0105. The van der Waals surface area contributed by atoms with Crippen LogP contribution in [0.1, 0.15) is 22.0 Å². The number of alkyl halides is 3. The van der Waals surface area contributed by atoms with Crippen molar-refractivity contribution in [1.82, 2.24) is 9.80 Å². The number of aliphatic hydroxyl groups is 1. The Labute approximate surface area is 173 Å². The maximum atomic E-state index is 14.1. The lowest BCUT2D eigenvalue weighted by Gasteiger charge is -2.53. The summed E-state index contributed by atoms with van der Waals surface area (Å²) in [4.78, 5) is 27.2. The molecule has 0 bridgehead atoms. The molecule has 3 atom stereocenters. The van der Waals surface area contributed by atoms with Gasteiger partial charge in [-0.15, -0.1) is 0 Å². The van der Waals surface area contributed by atoms with Gasteiger partial charge in [0, 0.05) is 24.1 Å². The fourth-order valence-electron chi connectivity index (χ4n) is 3.74. The number of benzene rings is 2. The van der Waals surface area contributed by atoms with Crippen molar-refractivity contribution in [2.45, 2.75) is 17.9 Å². The van der Waals surface area contributed by atoms with Gasteiger partial charge < -0.3 is 10.0 Å². The standard InChI is InChI=1S/C20H18BrF3N2O3/c1-25-16(13-9-6-10-14(21)11-13)15(17(27)12-7-4-3-5-8-12)19(29,20(22,23)24)26(2)18(25)28/h3-11,15-16,29H,1-2H3. The normalized spacial score (nSPS) is 25.3. The highest BCUT2D eigenvalue weighted by Gasteiger charge is 2.70. The molecular formula is C20H18BrF3N2O3. The number of carbonyl (C=O) groups excluding carboxylic acids is 2. The molecule has 1 aliphatic heterocycles. The highest BCUT2D eigenvalue weighted by Crippen LogP contribution is 2.50. The van der Waals surface area contributed by atoms with Crippen LogP contribution in [-0.2, 0) is 0 Å². The first-order chi connectivity index (χ1) is 13.5. The van der Waals surface area contributed by atoms with Gasteiger partial charge in [0.1, 0.15) is 5.92 Å². The Morgan fingerprint density at radius 1 is 1.10 bits per heavy atom. The number of halogens is 4. The Bertz CT molecular complexity index is 938. The van der Waals surface area contributed by atoms with Crippen molar-refractivity contribution in [2.24, 2.45) is 5.92 Å². The average Bonchev–Trinajstić information content (AvgIpc) is 2.68. The van der Waals surface area contributed by atoms with E-state index in [0.717, 1.165) is 11.9 Å². The zero-order valence-electron chi connectivity index (χ0n) is 15.5. The molecule has 5 nitrogen and oxygen atoms in total. The van der Waals surface area contributed by atoms with Crippen molar-refractivity contribution < 1.29 is 27.9 Å². The molecule has 2 amide bonds. The SMILES string of the molecule is CN1C(=O)N(C)C(O)(C(F)(F)F)C(C(=O)c2ccccc2)C1c1cccc(Br)c1. The molecule has 1 aliphatic rings. The minimum atomic E-state index is -5.27. The molecule has 2 aromatic rings. The van der Waals surface area contributed by atoms with Gasteiger partial charge in [-0.25, -0.2) is 4.79 Å². The van der Waals surface area contributed by atoms with Crippen LogP contribution in [-0.4, -0.2) is 52.7 Å². The van der Waals surface area contributed by atoms with E-state index < -0.39 is 35.7 Å². The Hall–Kier alpha value is -2.39. The highest BCUT2D eigenvalue weighted by molar-refractivity contribution is 9.10. The van der Waals surface area contributed by atoms with Crippen molar-refractivity contribution in [3.63, 3.8) is 0 Å². The molecule has 3 rings (SSSR count). The number of ketones is 1. The first kappa shape index (κ1) is 21.3. The second-order valence-corrected chi connectivity index (χ2v) is 7.80. The van der Waals surface area contributed by atoms with Crippen LogP contribution < -0.4 is 0 Å². The van der Waals surface area contributed by atoms with Gasteiger partial charge >= 0.3 is 12.2 Å². The monoisotopic (exact) mass is 470 g/mol. The highest BCUT2D eigenvalue weighted by atomic mass is 79.9. The summed E-state index contributed by atoms with van der Waals surface area (Å²) >= 11 is 3.26. The Kier molecular flexibility index (Phi) is 5.48. The molecule has 154 valence electrons. The van der Waals surface area contributed by atoms with E-state index in [-0.39, 0.29) is 10.5 Å². The third-order valence-electron chi connectivity index (χ3n) is 5.21. The molecule has 0 aromatic heterocycles. The summed E-state index contributed by atoms with van der Waals surface area (Å²) in [6.45, 7) is 0. The number of Topliss-reactive ketones (excluding diaryl/α,β-unsaturated/α-hetero) is 1. The van der Waals surface area contributed by atoms with Gasteiger partial charge in [0.2, 0.25) is 0 Å². The van der Waals surface area contributed by atoms with Gasteiger partial charge in [-0.3, -0.25) is 9.69 Å². The summed E-state index contributed by atoms with van der Waals surface area (Å²) < 4.78 is 43.0. The van der Waals surface area contributed by atoms with E-state index in [9.17, 15) is 27.9 Å². The summed E-state index contributed by atoms with van der Waals surface area (Å²) in [7, 11) is 2.15. The number of hydrogen-bond donors (Lipinski definition) is 1. The van der Waals surface area contributed by atoms with E-state index in [1.54, 1.807) is 18.2 Å². The number of urea groups is 1. The molecule has 1 saturated heterocycles. The fraction of sp³-hybridized carbons (Fsp3) is 0.300. The van der Waals surface area contributed by atoms with E-state index in [4.69, 9.17) is 0 Å². The van der Waals surface area contributed by atoms with E-state index in [0.29, 0.717) is 10.0 Å². The largest absolute Gasteiger partial charge is 0.437 e. The zero-order chi connectivity index (χ0) is 21.6. The van der Waals surface area contributed by atoms with Crippen LogP contribution in [0.5, 0.6) is 0 Å². The first-order valence-electron chi connectivity index (χ1n) is 8.64. The molecule has 0 spiro atoms. The third kappa shape index (κ3) is 3.42. The maximum Gasteiger partial charge on any atom is 0.437 e. The summed E-state index contributed by atoms with van der Waals surface area (Å²) in [6.07, 6.45) is -5.27. The van der Waals surface area contributed by atoms with Crippen molar-refractivity contribution in [3.05, 3.63) is 70.2 Å². The predicted molar refractivity (Wildman–Crippen MR) is 103 cm³/mol. The Balaban J connectivity index is 2.28. The summed E-state index contributed by atoms with van der Waals surface area (Å²) in [5.74, 6) is -2.92. The van der Waals surface area contributed by atoms with Crippen LogP contribution >= 0.6 is 15.9 Å². The van der Waals surface area contributed by atoms with Gasteiger partial charge in [-0.2, -0.15) is 13.2 Å². The van der Waals surface area contributed by atoms with Gasteiger partial charge in [0.05, 0.1) is 6.04 Å². The molecule has 0 aliphatic carbocycles. The van der Waals surface area contributed by atoms with E-state index in [1.165, 1.54) is 43.4 Å². The lowest BCUT2D eigenvalue weighted by Crippen LogP contribution is -2.73. The number of amides is 2. The van der Waals surface area contributed by atoms with Crippen molar-refractivity contribution in [1.29, 1.82) is 0 Å². The van der Waals surface area contributed by atoms with E-state index in [1.807, 2.05) is 0 Å². The average molecular weight is 471 g/mol. The Morgan fingerprint density at radius 3 is 2.28 bits per heavy atom. The summed E-state index contributed by atoms with van der Waals surface area (Å²) in [5, 5.41) is 10.9. The second-order valence-electron chi connectivity index (χ2n) is 6.88. The van der Waals surface area contributed by atoms with Crippen molar-refractivity contribution >= 4 is 27.7 Å². The molecule has 1 N–H and O–H groups in total. The van der Waals surface area contributed by atoms with Crippen LogP contribution in [0.3, 0.4) is 0 Å². The topological polar surface area (TPSA) is 60.9 Å². The molecule has 9 heteroatoms. The van der Waals surface area contributed by atoms with Crippen LogP contribution in [0.25, 0.3) is 0 Å². The molecule has 1 fully saturated rings. The van der Waals surface area contributed by atoms with Gasteiger partial charge in [0.25, 0.3) is 5.72 Å². The fourth-order valence-corrected chi connectivity index (χ4v) is 4.15. The van der Waals surface area contributed by atoms with Crippen molar-refractivity contribution in [2.75, 3.05) is 14.1 Å². The van der Waals surface area contributed by atoms with Crippen LogP contribution in [0.4, 0.5) is 18.0 Å². The first-order valence-corrected chi connectivity index (χ1v) is 9.44. The molecule has 1 heterocycles. The van der Waals surface area contributed by atoms with Crippen molar-refractivity contribution in [3.8, 4) is 0 Å². The smallest absolute Gasteiger partial charge is 0.363 e. The molecule has 0 saturated carbocycles. The summed E-state index contributed by atoms with van der Waals surface area (Å²) in [5.41, 5.74) is -3.38. The van der Waals surface area contributed by atoms with E-state index >= 15 is 0 Å². The number of carbonyl (C=O) groups is 2. The minimum Gasteiger partial charge on any atom is -0.363 e. The lowest BCUT2D eigenvalue weighted by molar-refractivity contribution is -0.328.